The molecule has 1 aliphatic heterocycles. The topological polar surface area (TPSA) is 119 Å². The molecule has 1 rings (SSSR count). The first-order chi connectivity index (χ1) is 6.43. The maximum absolute atomic E-state index is 10.7. The van der Waals surface area contributed by atoms with Gasteiger partial charge in [0.25, 0.3) is 0 Å². The van der Waals surface area contributed by atoms with E-state index in [1.165, 1.54) is 6.92 Å². The van der Waals surface area contributed by atoms with Crippen LogP contribution in [0.2, 0.25) is 0 Å². The van der Waals surface area contributed by atoms with Crippen molar-refractivity contribution in [3.05, 3.63) is 0 Å². The van der Waals surface area contributed by atoms with Gasteiger partial charge >= 0.3 is 0 Å². The molecule has 1 aliphatic rings. The fraction of sp³-hybridized carbons (Fsp3) is 0.857. The second-order valence-electron chi connectivity index (χ2n) is 3.12. The molecule has 0 saturated carbocycles. The van der Waals surface area contributed by atoms with Crippen molar-refractivity contribution < 1.29 is 30.0 Å². The number of aliphatic hydroxyl groups excluding tert-OH is 4. The quantitative estimate of drug-likeness (QED) is 0.310. The van der Waals surface area contributed by atoms with E-state index in [-0.39, 0.29) is 0 Å². The molecule has 7 nitrogen and oxygen atoms in total. The Kier molecular flexibility index (Phi) is 3.40. The summed E-state index contributed by atoms with van der Waals surface area (Å²) in [6, 6.07) is -1.15. The Hall–Kier alpha value is -0.730. The highest BCUT2D eigenvalue weighted by molar-refractivity contribution is 5.73. The first-order valence-electron chi connectivity index (χ1n) is 4.08. The van der Waals surface area contributed by atoms with Gasteiger partial charge < -0.3 is 30.5 Å². The Labute approximate surface area is 79.9 Å². The van der Waals surface area contributed by atoms with Crippen LogP contribution < -0.4 is 5.32 Å². The summed E-state index contributed by atoms with van der Waals surface area (Å²) >= 11 is 0. The number of amides is 1. The smallest absolute Gasteiger partial charge is 0.217 e. The standard InChI is InChI=1S/C7H13NO6/c1-2(9)8-3-4(10)5(11)7(13)14-6(3)12/h3-7,10-13H,1H3,(H,8,9)/t3-,4-,5-,6?,7+/m1/s1. The lowest BCUT2D eigenvalue weighted by Gasteiger charge is -2.38. The minimum absolute atomic E-state index is 0.486. The molecule has 14 heavy (non-hydrogen) atoms. The van der Waals surface area contributed by atoms with Crippen LogP contribution in [0.3, 0.4) is 0 Å². The van der Waals surface area contributed by atoms with Gasteiger partial charge in [-0.3, -0.25) is 4.79 Å². The van der Waals surface area contributed by atoms with E-state index in [1.807, 2.05) is 0 Å². The molecule has 82 valence electrons. The third-order valence-electron chi connectivity index (χ3n) is 1.97. The monoisotopic (exact) mass is 207 g/mol. The maximum Gasteiger partial charge on any atom is 0.217 e. The predicted molar refractivity (Wildman–Crippen MR) is 42.7 cm³/mol. The summed E-state index contributed by atoms with van der Waals surface area (Å²) in [6.07, 6.45) is -6.25. The third-order valence-corrected chi connectivity index (χ3v) is 1.97. The number of hydrogen-bond donors (Lipinski definition) is 5. The van der Waals surface area contributed by atoms with E-state index in [1.54, 1.807) is 0 Å². The molecule has 0 aromatic heterocycles. The fourth-order valence-corrected chi connectivity index (χ4v) is 1.25. The maximum atomic E-state index is 10.7. The second-order valence-corrected chi connectivity index (χ2v) is 3.12. The van der Waals surface area contributed by atoms with E-state index >= 15 is 0 Å². The minimum atomic E-state index is -1.66. The highest BCUT2D eigenvalue weighted by Crippen LogP contribution is 2.17. The molecular formula is C7H13NO6. The molecule has 1 unspecified atom stereocenters. The van der Waals surface area contributed by atoms with Crippen LogP contribution in [-0.2, 0) is 9.53 Å². The SMILES string of the molecule is CC(=O)N[C@H]1C(O)O[C@H](O)[C@H](O)[C@@H]1O. The van der Waals surface area contributed by atoms with Crippen molar-refractivity contribution in [2.45, 2.75) is 37.8 Å². The summed E-state index contributed by atoms with van der Waals surface area (Å²) < 4.78 is 4.47. The lowest BCUT2D eigenvalue weighted by atomic mass is 10.0. The fourth-order valence-electron chi connectivity index (χ4n) is 1.25. The van der Waals surface area contributed by atoms with Crippen molar-refractivity contribution in [3.8, 4) is 0 Å². The number of carbonyl (C=O) groups is 1. The zero-order chi connectivity index (χ0) is 10.9. The molecule has 5 atom stereocenters. The molecule has 0 aromatic rings. The van der Waals surface area contributed by atoms with Crippen LogP contribution in [0.15, 0.2) is 0 Å². The van der Waals surface area contributed by atoms with Gasteiger partial charge in [0.1, 0.15) is 18.2 Å². The van der Waals surface area contributed by atoms with Gasteiger partial charge in [-0.15, -0.1) is 0 Å². The molecule has 1 saturated heterocycles. The summed E-state index contributed by atoms with van der Waals surface area (Å²) in [6.45, 7) is 1.19. The first-order valence-corrected chi connectivity index (χ1v) is 4.08. The number of ether oxygens (including phenoxy) is 1. The van der Waals surface area contributed by atoms with Gasteiger partial charge in [0, 0.05) is 6.92 Å². The van der Waals surface area contributed by atoms with Gasteiger partial charge in [0.2, 0.25) is 5.91 Å². The number of aliphatic hydroxyl groups is 4. The lowest BCUT2D eigenvalue weighted by Crippen LogP contribution is -2.63. The summed E-state index contributed by atoms with van der Waals surface area (Å²) in [5, 5.41) is 38.9. The van der Waals surface area contributed by atoms with Crippen LogP contribution in [0.1, 0.15) is 6.92 Å². The van der Waals surface area contributed by atoms with Gasteiger partial charge in [-0.25, -0.2) is 0 Å². The molecule has 7 heteroatoms. The van der Waals surface area contributed by atoms with Gasteiger partial charge in [-0.1, -0.05) is 0 Å². The molecule has 0 aromatic carbocycles. The Bertz CT molecular complexity index is 222. The van der Waals surface area contributed by atoms with Crippen molar-refractivity contribution in [1.82, 2.24) is 5.32 Å². The molecule has 1 amide bonds. The van der Waals surface area contributed by atoms with Crippen LogP contribution in [0, 0.1) is 0 Å². The van der Waals surface area contributed by atoms with E-state index in [9.17, 15) is 15.0 Å². The van der Waals surface area contributed by atoms with E-state index < -0.39 is 36.7 Å². The average molecular weight is 207 g/mol. The van der Waals surface area contributed by atoms with Gasteiger partial charge in [0.05, 0.1) is 0 Å². The Morgan fingerprint density at radius 3 is 2.21 bits per heavy atom. The van der Waals surface area contributed by atoms with Crippen molar-refractivity contribution in [2.24, 2.45) is 0 Å². The second kappa shape index (κ2) is 4.20. The van der Waals surface area contributed by atoms with Crippen LogP contribution in [0.25, 0.3) is 0 Å². The minimum Gasteiger partial charge on any atom is -0.388 e. The molecular weight excluding hydrogens is 194 g/mol. The average Bonchev–Trinajstić information content (AvgIpc) is 2.09. The lowest BCUT2D eigenvalue weighted by molar-refractivity contribution is -0.303. The molecule has 1 heterocycles. The molecule has 0 radical (unpaired) electrons. The van der Waals surface area contributed by atoms with E-state index in [2.05, 4.69) is 10.1 Å². The van der Waals surface area contributed by atoms with Crippen LogP contribution >= 0.6 is 0 Å². The Balaban J connectivity index is 2.68. The van der Waals surface area contributed by atoms with Gasteiger partial charge in [-0.05, 0) is 0 Å². The van der Waals surface area contributed by atoms with Crippen molar-refractivity contribution in [1.29, 1.82) is 0 Å². The Morgan fingerprint density at radius 1 is 1.14 bits per heavy atom. The van der Waals surface area contributed by atoms with E-state index in [4.69, 9.17) is 10.2 Å². The number of hydrogen-bond acceptors (Lipinski definition) is 6. The highest BCUT2D eigenvalue weighted by Gasteiger charge is 2.43. The van der Waals surface area contributed by atoms with E-state index in [0.29, 0.717) is 0 Å². The summed E-state index contributed by atoms with van der Waals surface area (Å²) in [7, 11) is 0. The zero-order valence-corrected chi connectivity index (χ0v) is 7.49. The van der Waals surface area contributed by atoms with Gasteiger partial charge in [0.15, 0.2) is 12.6 Å². The number of rotatable bonds is 1. The van der Waals surface area contributed by atoms with Crippen LogP contribution in [0.4, 0.5) is 0 Å². The molecule has 1 fully saturated rings. The van der Waals surface area contributed by atoms with Gasteiger partial charge in [-0.2, -0.15) is 0 Å². The van der Waals surface area contributed by atoms with Crippen molar-refractivity contribution >= 4 is 5.91 Å². The Morgan fingerprint density at radius 2 is 1.71 bits per heavy atom. The molecule has 5 N–H and O–H groups in total. The van der Waals surface area contributed by atoms with Crippen LogP contribution in [-0.4, -0.2) is 57.2 Å². The molecule has 0 spiro atoms. The summed E-state index contributed by atoms with van der Waals surface area (Å²) in [5.74, 6) is -0.486. The normalized spacial score (nSPS) is 43.4. The third kappa shape index (κ3) is 2.20. The zero-order valence-electron chi connectivity index (χ0n) is 7.49. The van der Waals surface area contributed by atoms with E-state index in [0.717, 1.165) is 0 Å². The largest absolute Gasteiger partial charge is 0.388 e. The predicted octanol–water partition coefficient (Wildman–Crippen LogP) is -3.12. The highest BCUT2D eigenvalue weighted by atomic mass is 16.7. The number of nitrogens with one attached hydrogen (secondary N) is 1. The molecule has 0 bridgehead atoms. The number of carbonyl (C=O) groups excluding carboxylic acids is 1. The summed E-state index contributed by atoms with van der Waals surface area (Å²) in [4.78, 5) is 10.7. The van der Waals surface area contributed by atoms with Crippen molar-refractivity contribution in [3.63, 3.8) is 0 Å². The molecule has 0 aliphatic carbocycles. The van der Waals surface area contributed by atoms with Crippen LogP contribution in [0.5, 0.6) is 0 Å². The summed E-state index contributed by atoms with van der Waals surface area (Å²) in [5.41, 5.74) is 0. The first kappa shape index (κ1) is 11.3. The van der Waals surface area contributed by atoms with Crippen molar-refractivity contribution in [2.75, 3.05) is 0 Å².